The van der Waals surface area contributed by atoms with E-state index in [1.807, 2.05) is 6.08 Å². The fraction of sp³-hybridized carbons (Fsp3) is 0.789. The van der Waals surface area contributed by atoms with E-state index in [2.05, 4.69) is 99.0 Å². The number of carbonyl (C=O) groups is 2. The third-order valence-electron chi connectivity index (χ3n) is 16.8. The highest BCUT2D eigenvalue weighted by Crippen LogP contribution is 2.26. The zero-order chi connectivity index (χ0) is 63.1. The third kappa shape index (κ3) is 50.2. The molecule has 0 spiro atoms. The Hall–Kier alpha value is -3.16. The fourth-order valence-electron chi connectivity index (χ4n) is 11.1. The number of unbranched alkanes of at least 4 members (excludes halogenated alkanes) is 36. The van der Waals surface area contributed by atoms with Crippen LogP contribution < -0.4 is 5.32 Å². The number of aliphatic hydroxyl groups is 5. The van der Waals surface area contributed by atoms with Gasteiger partial charge in [-0.05, 0) is 96.3 Å². The molecule has 0 aromatic heterocycles. The standard InChI is InChI=1S/C76H135NO10/c1-4-7-10-13-16-19-22-24-26-28-30-32-34-35-36-38-40-42-44-46-49-52-55-58-61-64-71(81)87-74-73(83)72(82)70(65-78)86-76(74)85-66-67(68(79)62-59-56-53-50-47-21-18-15-12-9-6-3)77-75(84)69(80)63-60-57-54-51-48-45-43-41-39-37-33-31-29-27-25-23-20-17-14-11-8-5-2/h8,11,17,20,24-27,31,33,39,41,59,62,67-70,72-74,76,78-80,82-83H,4-7,9-10,12-16,18-19,21-23,28-30,32,34-38,40,42-58,60-61,63-66H2,1-3H3,(H,77,84)/b11-8-,20-17-,26-24+,27-25-,33-31-,41-39-,62-59+. The summed E-state index contributed by atoms with van der Waals surface area (Å²) in [5.74, 6) is -1.20. The molecule has 8 unspecified atom stereocenters. The Balaban J connectivity index is 2.54. The molecule has 87 heavy (non-hydrogen) atoms. The predicted octanol–water partition coefficient (Wildman–Crippen LogP) is 18.8. The van der Waals surface area contributed by atoms with Crippen LogP contribution in [0.5, 0.6) is 0 Å². The van der Waals surface area contributed by atoms with Crippen LogP contribution in [-0.4, -0.2) is 99.6 Å². The maximum Gasteiger partial charge on any atom is 0.306 e. The highest BCUT2D eigenvalue weighted by molar-refractivity contribution is 5.80. The number of nitrogens with one attached hydrogen (secondary N) is 1. The van der Waals surface area contributed by atoms with E-state index < -0.39 is 67.4 Å². The fourth-order valence-corrected chi connectivity index (χ4v) is 11.1. The zero-order valence-corrected chi connectivity index (χ0v) is 56.1. The first kappa shape index (κ1) is 81.9. The molecule has 6 N–H and O–H groups in total. The van der Waals surface area contributed by atoms with Crippen molar-refractivity contribution in [2.45, 2.75) is 372 Å². The van der Waals surface area contributed by atoms with Crippen LogP contribution in [0, 0.1) is 0 Å². The van der Waals surface area contributed by atoms with Gasteiger partial charge < -0.3 is 45.1 Å². The van der Waals surface area contributed by atoms with Gasteiger partial charge in [0.15, 0.2) is 12.4 Å². The molecule has 1 saturated heterocycles. The minimum Gasteiger partial charge on any atom is -0.454 e. The van der Waals surface area contributed by atoms with Gasteiger partial charge in [-0.25, -0.2) is 0 Å². The van der Waals surface area contributed by atoms with Gasteiger partial charge in [-0.15, -0.1) is 0 Å². The van der Waals surface area contributed by atoms with Crippen molar-refractivity contribution in [3.05, 3.63) is 85.1 Å². The van der Waals surface area contributed by atoms with Crippen LogP contribution in [0.15, 0.2) is 85.1 Å². The summed E-state index contributed by atoms with van der Waals surface area (Å²) < 4.78 is 17.7. The van der Waals surface area contributed by atoms with Crippen molar-refractivity contribution in [3.63, 3.8) is 0 Å². The average Bonchev–Trinajstić information content (AvgIpc) is 1.30. The molecule has 0 bridgehead atoms. The van der Waals surface area contributed by atoms with Crippen molar-refractivity contribution in [2.24, 2.45) is 0 Å². The predicted molar refractivity (Wildman–Crippen MR) is 366 cm³/mol. The average molecular weight is 1220 g/mol. The third-order valence-corrected chi connectivity index (χ3v) is 16.8. The quantitative estimate of drug-likeness (QED) is 0.0195. The van der Waals surface area contributed by atoms with Gasteiger partial charge in [0.05, 0.1) is 25.4 Å². The molecule has 0 saturated carbocycles. The van der Waals surface area contributed by atoms with Crippen molar-refractivity contribution in [3.8, 4) is 0 Å². The van der Waals surface area contributed by atoms with E-state index in [9.17, 15) is 35.1 Å². The molecular formula is C76H135NO10. The topological polar surface area (TPSA) is 175 Å². The minimum atomic E-state index is -1.62. The maximum absolute atomic E-state index is 13.5. The van der Waals surface area contributed by atoms with Crippen LogP contribution in [0.4, 0.5) is 0 Å². The van der Waals surface area contributed by atoms with Gasteiger partial charge in [0.2, 0.25) is 5.91 Å². The number of allylic oxidation sites excluding steroid dienone is 13. The van der Waals surface area contributed by atoms with Crippen LogP contribution >= 0.6 is 0 Å². The second-order valence-corrected chi connectivity index (χ2v) is 24.9. The van der Waals surface area contributed by atoms with Crippen molar-refractivity contribution < 1.29 is 49.3 Å². The highest BCUT2D eigenvalue weighted by atomic mass is 16.7. The van der Waals surface area contributed by atoms with E-state index >= 15 is 0 Å². The molecular weight excluding hydrogens is 1090 g/mol. The van der Waals surface area contributed by atoms with Crippen molar-refractivity contribution in [2.75, 3.05) is 13.2 Å². The molecule has 0 aliphatic carbocycles. The molecule has 1 rings (SSSR count). The molecule has 0 radical (unpaired) electrons. The molecule has 1 amide bonds. The summed E-state index contributed by atoms with van der Waals surface area (Å²) in [4.78, 5) is 26.7. The van der Waals surface area contributed by atoms with Gasteiger partial charge in [-0.2, -0.15) is 0 Å². The van der Waals surface area contributed by atoms with Crippen molar-refractivity contribution in [1.29, 1.82) is 0 Å². The minimum absolute atomic E-state index is 0.122. The summed E-state index contributed by atoms with van der Waals surface area (Å²) in [5, 5.41) is 57.2. The lowest BCUT2D eigenvalue weighted by molar-refractivity contribution is -0.305. The van der Waals surface area contributed by atoms with Gasteiger partial charge in [-0.1, -0.05) is 305 Å². The molecule has 1 fully saturated rings. The Kier molecular flexibility index (Phi) is 59.3. The lowest BCUT2D eigenvalue weighted by Crippen LogP contribution is -2.61. The molecule has 11 nitrogen and oxygen atoms in total. The number of hydrogen-bond acceptors (Lipinski definition) is 10. The van der Waals surface area contributed by atoms with E-state index in [1.165, 1.54) is 167 Å². The molecule has 1 aliphatic rings. The van der Waals surface area contributed by atoms with E-state index in [1.54, 1.807) is 6.08 Å². The number of hydrogen-bond donors (Lipinski definition) is 6. The zero-order valence-electron chi connectivity index (χ0n) is 56.1. The summed E-state index contributed by atoms with van der Waals surface area (Å²) in [6.45, 7) is 5.69. The molecule has 11 heteroatoms. The van der Waals surface area contributed by atoms with Gasteiger partial charge in [0, 0.05) is 6.42 Å². The summed E-state index contributed by atoms with van der Waals surface area (Å²) in [5.41, 5.74) is 0. The molecule has 1 heterocycles. The molecule has 0 aromatic carbocycles. The Morgan fingerprint density at radius 1 is 0.460 bits per heavy atom. The first-order chi connectivity index (χ1) is 42.7. The number of ether oxygens (including phenoxy) is 3. The van der Waals surface area contributed by atoms with Crippen LogP contribution in [0.25, 0.3) is 0 Å². The number of aliphatic hydroxyl groups excluding tert-OH is 5. The molecule has 1 aliphatic heterocycles. The molecule has 8 atom stereocenters. The van der Waals surface area contributed by atoms with Crippen LogP contribution in [-0.2, 0) is 23.8 Å². The molecule has 504 valence electrons. The lowest BCUT2D eigenvalue weighted by atomic mass is 9.99. The molecule has 0 aromatic rings. The summed E-state index contributed by atoms with van der Waals surface area (Å²) in [6.07, 6.45) is 73.4. The second-order valence-electron chi connectivity index (χ2n) is 24.9. The normalized spacial score (nSPS) is 18.7. The number of rotatable bonds is 62. The number of carbonyl (C=O) groups excluding carboxylic acids is 2. The number of esters is 1. The smallest absolute Gasteiger partial charge is 0.306 e. The lowest BCUT2D eigenvalue weighted by Gasteiger charge is -2.41. The summed E-state index contributed by atoms with van der Waals surface area (Å²) in [7, 11) is 0. The second kappa shape index (κ2) is 63.0. The highest BCUT2D eigenvalue weighted by Gasteiger charge is 2.47. The Morgan fingerprint density at radius 3 is 1.25 bits per heavy atom. The van der Waals surface area contributed by atoms with E-state index in [0.717, 1.165) is 109 Å². The monoisotopic (exact) mass is 1220 g/mol. The number of amides is 1. The largest absolute Gasteiger partial charge is 0.454 e. The van der Waals surface area contributed by atoms with Crippen molar-refractivity contribution >= 4 is 11.9 Å². The van der Waals surface area contributed by atoms with E-state index in [0.29, 0.717) is 12.8 Å². The Labute approximate surface area is 533 Å². The van der Waals surface area contributed by atoms with Crippen LogP contribution in [0.1, 0.15) is 323 Å². The first-order valence-corrected chi connectivity index (χ1v) is 36.4. The van der Waals surface area contributed by atoms with Crippen molar-refractivity contribution in [1.82, 2.24) is 5.32 Å². The Bertz CT molecular complexity index is 1740. The summed E-state index contributed by atoms with van der Waals surface area (Å²) >= 11 is 0. The SMILES string of the molecule is CC/C=C\C/C=C\C/C=C\C/C=C\C/C=C\CCCCCCCCC(O)C(=O)NC(COC1OC(CO)C(O)C(O)C1OC(=O)CCCCCCCCCCCCCCCCC/C=C/CCCCCCCC)C(O)/C=C/CCCCCCCCCCC. The van der Waals surface area contributed by atoms with Crippen LogP contribution in [0.2, 0.25) is 0 Å². The summed E-state index contributed by atoms with van der Waals surface area (Å²) in [6, 6.07) is -1.03. The Morgan fingerprint density at radius 2 is 0.828 bits per heavy atom. The first-order valence-electron chi connectivity index (χ1n) is 36.4. The van der Waals surface area contributed by atoms with Gasteiger partial charge in [-0.3, -0.25) is 9.59 Å². The van der Waals surface area contributed by atoms with E-state index in [4.69, 9.17) is 14.2 Å². The van der Waals surface area contributed by atoms with Gasteiger partial charge in [0.25, 0.3) is 0 Å². The van der Waals surface area contributed by atoms with E-state index in [-0.39, 0.29) is 19.4 Å². The van der Waals surface area contributed by atoms with Gasteiger partial charge >= 0.3 is 5.97 Å². The maximum atomic E-state index is 13.5. The van der Waals surface area contributed by atoms with Gasteiger partial charge in [0.1, 0.15) is 24.4 Å². The van der Waals surface area contributed by atoms with Crippen LogP contribution in [0.3, 0.4) is 0 Å².